The average molecular weight is 400 g/mol. The van der Waals surface area contributed by atoms with E-state index in [9.17, 15) is 13.2 Å². The van der Waals surface area contributed by atoms with Crippen molar-refractivity contribution in [2.24, 2.45) is 17.6 Å². The van der Waals surface area contributed by atoms with Crippen LogP contribution in [-0.2, 0) is 21.2 Å². The fourth-order valence-corrected chi connectivity index (χ4v) is 5.85. The van der Waals surface area contributed by atoms with Gasteiger partial charge in [0.15, 0.2) is 0 Å². The highest BCUT2D eigenvalue weighted by Crippen LogP contribution is 2.36. The van der Waals surface area contributed by atoms with E-state index in [1.807, 2.05) is 18.2 Å². The average Bonchev–Trinajstić information content (AvgIpc) is 3.27. The van der Waals surface area contributed by atoms with Gasteiger partial charge in [-0.25, -0.2) is 8.42 Å². The summed E-state index contributed by atoms with van der Waals surface area (Å²) in [7, 11) is -3.41. The minimum atomic E-state index is -3.41. The van der Waals surface area contributed by atoms with E-state index in [1.54, 1.807) is 28.6 Å². The Morgan fingerprint density at radius 2 is 1.64 bits per heavy atom. The molecule has 28 heavy (non-hydrogen) atoms. The summed E-state index contributed by atoms with van der Waals surface area (Å²) in [6.07, 6.45) is 0.994. The van der Waals surface area contributed by atoms with Crippen LogP contribution in [0.3, 0.4) is 0 Å². The Bertz CT molecular complexity index is 948. The summed E-state index contributed by atoms with van der Waals surface area (Å²) in [5, 5.41) is 0. The third kappa shape index (κ3) is 3.77. The number of amides is 1. The van der Waals surface area contributed by atoms with Crippen molar-refractivity contribution in [3.05, 3.63) is 60.2 Å². The molecule has 0 saturated carbocycles. The number of fused-ring (bicyclic) bond motifs is 1. The van der Waals surface area contributed by atoms with Crippen LogP contribution in [0.1, 0.15) is 12.0 Å². The number of aryl methyl sites for hydroxylation is 1. The number of rotatable bonds is 6. The number of nitrogens with two attached hydrogens (primary N) is 1. The highest BCUT2D eigenvalue weighted by atomic mass is 32.2. The van der Waals surface area contributed by atoms with Crippen molar-refractivity contribution in [3.63, 3.8) is 0 Å². The van der Waals surface area contributed by atoms with Gasteiger partial charge in [-0.05, 0) is 48.1 Å². The second-order valence-corrected chi connectivity index (χ2v) is 9.63. The van der Waals surface area contributed by atoms with E-state index in [2.05, 4.69) is 17.0 Å². The summed E-state index contributed by atoms with van der Waals surface area (Å²) < 4.78 is 27.4. The van der Waals surface area contributed by atoms with Crippen molar-refractivity contribution in [2.45, 2.75) is 17.7 Å². The van der Waals surface area contributed by atoms with Crippen molar-refractivity contribution in [3.8, 4) is 0 Å². The van der Waals surface area contributed by atoms with Gasteiger partial charge in [0, 0.05) is 38.3 Å². The Labute approximate surface area is 166 Å². The number of sulfonamides is 1. The Morgan fingerprint density at radius 3 is 2.29 bits per heavy atom. The first-order valence-electron chi connectivity index (χ1n) is 9.61. The van der Waals surface area contributed by atoms with E-state index in [0.29, 0.717) is 42.7 Å². The molecule has 4 rings (SSSR count). The monoisotopic (exact) mass is 399 g/mol. The summed E-state index contributed by atoms with van der Waals surface area (Å²) in [4.78, 5) is 13.7. The van der Waals surface area contributed by atoms with E-state index in [4.69, 9.17) is 5.73 Å². The van der Waals surface area contributed by atoms with Crippen molar-refractivity contribution in [1.82, 2.24) is 4.31 Å². The number of benzene rings is 2. The van der Waals surface area contributed by atoms with Gasteiger partial charge in [0.2, 0.25) is 15.9 Å². The molecule has 7 heteroatoms. The fourth-order valence-electron chi connectivity index (χ4n) is 4.27. The molecule has 2 aromatic carbocycles. The molecule has 2 unspecified atom stereocenters. The van der Waals surface area contributed by atoms with Crippen LogP contribution >= 0.6 is 0 Å². The third-order valence-corrected chi connectivity index (χ3v) is 7.62. The lowest BCUT2D eigenvalue weighted by molar-refractivity contribution is -0.117. The van der Waals surface area contributed by atoms with Crippen LogP contribution in [0.5, 0.6) is 0 Å². The van der Waals surface area contributed by atoms with Crippen LogP contribution in [-0.4, -0.2) is 44.8 Å². The van der Waals surface area contributed by atoms with Crippen molar-refractivity contribution >= 4 is 21.6 Å². The normalized spacial score (nSPS) is 22.4. The van der Waals surface area contributed by atoms with Crippen LogP contribution in [0.15, 0.2) is 59.5 Å². The number of carbonyl (C=O) groups excluding carboxylic acids is 1. The lowest BCUT2D eigenvalue weighted by atomic mass is 10.0. The van der Waals surface area contributed by atoms with E-state index >= 15 is 0 Å². The molecule has 2 fully saturated rings. The van der Waals surface area contributed by atoms with Crippen molar-refractivity contribution < 1.29 is 13.2 Å². The number of carbonyl (C=O) groups is 1. The zero-order valence-corrected chi connectivity index (χ0v) is 16.5. The summed E-state index contributed by atoms with van der Waals surface area (Å²) in [6, 6.07) is 16.9. The van der Waals surface area contributed by atoms with E-state index in [-0.39, 0.29) is 5.91 Å². The van der Waals surface area contributed by atoms with E-state index in [1.165, 1.54) is 0 Å². The highest BCUT2D eigenvalue weighted by molar-refractivity contribution is 7.89. The first kappa shape index (κ1) is 19.0. The molecule has 1 amide bonds. The number of hydrogen-bond acceptors (Lipinski definition) is 4. The molecule has 0 radical (unpaired) electrons. The number of hydrogen-bond donors (Lipinski definition) is 1. The lowest BCUT2D eigenvalue weighted by Crippen LogP contribution is -2.33. The minimum absolute atomic E-state index is 0.291. The van der Waals surface area contributed by atoms with Crippen LogP contribution in [0.4, 0.5) is 5.69 Å². The smallest absolute Gasteiger partial charge is 0.243 e. The predicted octanol–water partition coefficient (Wildman–Crippen LogP) is 1.86. The van der Waals surface area contributed by atoms with E-state index < -0.39 is 10.0 Å². The van der Waals surface area contributed by atoms with Crippen molar-refractivity contribution in [1.29, 1.82) is 0 Å². The van der Waals surface area contributed by atoms with Gasteiger partial charge in [0.05, 0.1) is 4.90 Å². The first-order valence-corrected chi connectivity index (χ1v) is 11.0. The standard InChI is InChI=1S/C21H25N3O3S/c22-21(25)10-9-16-5-4-6-19(11-16)23-12-17-14-24(15-18(17)13-23)28(26,27)20-7-2-1-3-8-20/h1-8,11,17-18H,9-10,12-15H2,(H2,22,25). The highest BCUT2D eigenvalue weighted by Gasteiger charge is 2.44. The van der Waals surface area contributed by atoms with Gasteiger partial charge in [-0.2, -0.15) is 4.31 Å². The molecule has 2 saturated heterocycles. The molecule has 2 aromatic rings. The second-order valence-electron chi connectivity index (χ2n) is 7.70. The maximum Gasteiger partial charge on any atom is 0.243 e. The molecule has 2 atom stereocenters. The van der Waals surface area contributed by atoms with Crippen LogP contribution < -0.4 is 10.6 Å². The molecule has 2 N–H and O–H groups in total. The Hall–Kier alpha value is -2.38. The molecule has 0 aliphatic carbocycles. The predicted molar refractivity (Wildman–Crippen MR) is 108 cm³/mol. The zero-order valence-electron chi connectivity index (χ0n) is 15.7. The van der Waals surface area contributed by atoms with Gasteiger partial charge >= 0.3 is 0 Å². The molecular weight excluding hydrogens is 374 g/mol. The third-order valence-electron chi connectivity index (χ3n) is 5.77. The lowest BCUT2D eigenvalue weighted by Gasteiger charge is -2.23. The van der Waals surface area contributed by atoms with E-state index in [0.717, 1.165) is 24.3 Å². The summed E-state index contributed by atoms with van der Waals surface area (Å²) >= 11 is 0. The largest absolute Gasteiger partial charge is 0.371 e. The first-order chi connectivity index (χ1) is 13.4. The SMILES string of the molecule is NC(=O)CCc1cccc(N2CC3CN(S(=O)(=O)c4ccccc4)CC3C2)c1. The molecule has 2 heterocycles. The van der Waals surface area contributed by atoms with Gasteiger partial charge < -0.3 is 10.6 Å². The topological polar surface area (TPSA) is 83.7 Å². The molecule has 2 aliphatic rings. The Balaban J connectivity index is 1.42. The van der Waals surface area contributed by atoms with Crippen LogP contribution in [0.25, 0.3) is 0 Å². The fraction of sp³-hybridized carbons (Fsp3) is 0.381. The maximum absolute atomic E-state index is 12.9. The van der Waals surface area contributed by atoms with Crippen LogP contribution in [0.2, 0.25) is 0 Å². The van der Waals surface area contributed by atoms with Gasteiger partial charge in [-0.3, -0.25) is 4.79 Å². The quantitative estimate of drug-likeness (QED) is 0.804. The van der Waals surface area contributed by atoms with Gasteiger partial charge in [-0.15, -0.1) is 0 Å². The number of nitrogens with zero attached hydrogens (tertiary/aromatic N) is 2. The summed E-state index contributed by atoms with van der Waals surface area (Å²) in [6.45, 7) is 2.84. The van der Waals surface area contributed by atoms with Gasteiger partial charge in [-0.1, -0.05) is 30.3 Å². The molecule has 148 valence electrons. The van der Waals surface area contributed by atoms with Crippen molar-refractivity contribution in [2.75, 3.05) is 31.1 Å². The molecule has 0 bridgehead atoms. The minimum Gasteiger partial charge on any atom is -0.371 e. The van der Waals surface area contributed by atoms with Gasteiger partial charge in [0.1, 0.15) is 0 Å². The number of primary amides is 1. The van der Waals surface area contributed by atoms with Gasteiger partial charge in [0.25, 0.3) is 0 Å². The Morgan fingerprint density at radius 1 is 0.964 bits per heavy atom. The molecule has 6 nitrogen and oxygen atoms in total. The Kier molecular flexibility index (Phi) is 5.12. The summed E-state index contributed by atoms with van der Waals surface area (Å²) in [5.41, 5.74) is 7.48. The second kappa shape index (κ2) is 7.56. The van der Waals surface area contributed by atoms with Crippen LogP contribution in [0, 0.1) is 11.8 Å². The summed E-state index contributed by atoms with van der Waals surface area (Å²) in [5.74, 6) is 0.390. The molecule has 2 aliphatic heterocycles. The maximum atomic E-state index is 12.9. The molecular formula is C21H25N3O3S. The number of anilines is 1. The molecule has 0 aromatic heterocycles. The zero-order chi connectivity index (χ0) is 19.7. The molecule has 0 spiro atoms.